The Morgan fingerprint density at radius 1 is 1.09 bits per heavy atom. The number of amides is 1. The van der Waals surface area contributed by atoms with Crippen LogP contribution in [0.1, 0.15) is 36.9 Å². The van der Waals surface area contributed by atoms with Crippen molar-refractivity contribution in [3.63, 3.8) is 0 Å². The van der Waals surface area contributed by atoms with E-state index in [4.69, 9.17) is 32.7 Å². The topological polar surface area (TPSA) is 76.1 Å². The third-order valence-corrected chi connectivity index (χ3v) is 5.87. The van der Waals surface area contributed by atoms with Gasteiger partial charge in [0.1, 0.15) is 11.5 Å². The van der Waals surface area contributed by atoms with E-state index in [9.17, 15) is 14.7 Å². The van der Waals surface area contributed by atoms with Crippen molar-refractivity contribution >= 4 is 40.7 Å². The van der Waals surface area contributed by atoms with Gasteiger partial charge >= 0.3 is 0 Å². The molecule has 6 nitrogen and oxygen atoms in total. The highest BCUT2D eigenvalue weighted by molar-refractivity contribution is 6.46. The van der Waals surface area contributed by atoms with Gasteiger partial charge in [-0.3, -0.25) is 9.59 Å². The predicted molar refractivity (Wildman–Crippen MR) is 124 cm³/mol. The number of aliphatic hydroxyl groups is 1. The van der Waals surface area contributed by atoms with Crippen LogP contribution in [0.15, 0.2) is 48.0 Å². The summed E-state index contributed by atoms with van der Waals surface area (Å²) in [5.41, 5.74) is 0.966. The largest absolute Gasteiger partial charge is 0.507 e. The Labute approximate surface area is 197 Å². The lowest BCUT2D eigenvalue weighted by atomic mass is 9.95. The maximum Gasteiger partial charge on any atom is 0.295 e. The van der Waals surface area contributed by atoms with Crippen LogP contribution in [0.4, 0.5) is 0 Å². The molecule has 0 radical (unpaired) electrons. The van der Waals surface area contributed by atoms with Crippen molar-refractivity contribution in [1.82, 2.24) is 4.90 Å². The number of rotatable bonds is 9. The molecule has 1 saturated heterocycles. The van der Waals surface area contributed by atoms with Gasteiger partial charge < -0.3 is 19.5 Å². The van der Waals surface area contributed by atoms with Crippen LogP contribution in [-0.2, 0) is 14.3 Å². The fourth-order valence-corrected chi connectivity index (χ4v) is 3.93. The first-order valence-corrected chi connectivity index (χ1v) is 11.1. The monoisotopic (exact) mass is 477 g/mol. The first-order chi connectivity index (χ1) is 15.4. The van der Waals surface area contributed by atoms with Crippen molar-refractivity contribution in [2.24, 2.45) is 0 Å². The standard InChI is InChI=1S/C24H25Cl2NO5/c1-3-11-32-17-7-4-6-16(13-17)22(28)20-21(15-8-9-18(25)19(26)14-15)27(10-5-12-31-2)24(30)23(20)29/h4,6-9,13-14,21,28H,3,5,10-12H2,1-2H3. The van der Waals surface area contributed by atoms with Crippen molar-refractivity contribution in [3.05, 3.63) is 69.2 Å². The molecule has 1 amide bonds. The Bertz CT molecular complexity index is 1040. The van der Waals surface area contributed by atoms with E-state index in [1.807, 2.05) is 6.92 Å². The summed E-state index contributed by atoms with van der Waals surface area (Å²) in [4.78, 5) is 27.4. The zero-order chi connectivity index (χ0) is 23.3. The van der Waals surface area contributed by atoms with Crippen LogP contribution < -0.4 is 4.74 Å². The van der Waals surface area contributed by atoms with Gasteiger partial charge in [0.15, 0.2) is 0 Å². The number of likely N-dealkylation sites (tertiary alicyclic amines) is 1. The highest BCUT2D eigenvalue weighted by atomic mass is 35.5. The van der Waals surface area contributed by atoms with E-state index in [0.29, 0.717) is 46.6 Å². The van der Waals surface area contributed by atoms with E-state index in [0.717, 1.165) is 6.42 Å². The zero-order valence-corrected chi connectivity index (χ0v) is 19.4. The van der Waals surface area contributed by atoms with Gasteiger partial charge in [-0.2, -0.15) is 0 Å². The average Bonchev–Trinajstić information content (AvgIpc) is 3.04. The number of ether oxygens (including phenoxy) is 2. The molecule has 170 valence electrons. The molecule has 1 N–H and O–H groups in total. The van der Waals surface area contributed by atoms with E-state index in [-0.39, 0.29) is 17.9 Å². The summed E-state index contributed by atoms with van der Waals surface area (Å²) >= 11 is 12.3. The number of nitrogens with zero attached hydrogens (tertiary/aromatic N) is 1. The van der Waals surface area contributed by atoms with Crippen molar-refractivity contribution in [2.75, 3.05) is 26.9 Å². The minimum Gasteiger partial charge on any atom is -0.507 e. The average molecular weight is 478 g/mol. The Hall–Kier alpha value is -2.54. The normalized spacial score (nSPS) is 17.8. The SMILES string of the molecule is CCCOc1cccc(C(O)=C2C(=O)C(=O)N(CCCOC)C2c2ccc(Cl)c(Cl)c2)c1. The van der Waals surface area contributed by atoms with Gasteiger partial charge in [-0.05, 0) is 42.7 Å². The number of carbonyl (C=O) groups excluding carboxylic acids is 2. The second kappa shape index (κ2) is 10.9. The molecule has 0 aliphatic carbocycles. The second-order valence-electron chi connectivity index (χ2n) is 7.39. The quantitative estimate of drug-likeness (QED) is 0.231. The molecule has 2 aromatic carbocycles. The van der Waals surface area contributed by atoms with Crippen LogP contribution in [0.5, 0.6) is 5.75 Å². The molecule has 1 heterocycles. The molecule has 8 heteroatoms. The van der Waals surface area contributed by atoms with Gasteiger partial charge in [0, 0.05) is 25.8 Å². The highest BCUT2D eigenvalue weighted by Crippen LogP contribution is 2.41. The first-order valence-electron chi connectivity index (χ1n) is 10.3. The summed E-state index contributed by atoms with van der Waals surface area (Å²) < 4.78 is 10.7. The maximum absolute atomic E-state index is 13.0. The van der Waals surface area contributed by atoms with E-state index in [1.165, 1.54) is 4.90 Å². The minimum atomic E-state index is -0.804. The highest BCUT2D eigenvalue weighted by Gasteiger charge is 2.45. The molecule has 0 spiro atoms. The van der Waals surface area contributed by atoms with E-state index in [1.54, 1.807) is 49.6 Å². The van der Waals surface area contributed by atoms with Gasteiger partial charge in [-0.15, -0.1) is 0 Å². The van der Waals surface area contributed by atoms with Crippen LogP contribution in [0.25, 0.3) is 5.76 Å². The van der Waals surface area contributed by atoms with Crippen molar-refractivity contribution < 1.29 is 24.2 Å². The first kappa shape index (κ1) is 24.1. The molecular weight excluding hydrogens is 453 g/mol. The van der Waals surface area contributed by atoms with Gasteiger partial charge in [0.2, 0.25) is 0 Å². The number of benzene rings is 2. The van der Waals surface area contributed by atoms with Crippen LogP contribution in [-0.4, -0.2) is 48.6 Å². The number of Topliss-reactive ketones (excluding diaryl/α,β-unsaturated/α-hetero) is 1. The van der Waals surface area contributed by atoms with Crippen molar-refractivity contribution in [3.8, 4) is 5.75 Å². The predicted octanol–water partition coefficient (Wildman–Crippen LogP) is 5.24. The third kappa shape index (κ3) is 5.09. The Morgan fingerprint density at radius 3 is 2.56 bits per heavy atom. The number of hydrogen-bond donors (Lipinski definition) is 1. The van der Waals surface area contributed by atoms with Crippen LogP contribution >= 0.6 is 23.2 Å². The molecule has 1 aliphatic heterocycles. The number of halogens is 2. The fraction of sp³-hybridized carbons (Fsp3) is 0.333. The molecule has 1 fully saturated rings. The molecule has 1 atom stereocenters. The molecule has 1 unspecified atom stereocenters. The Morgan fingerprint density at radius 2 is 1.88 bits per heavy atom. The van der Waals surface area contributed by atoms with Crippen LogP contribution in [0, 0.1) is 0 Å². The second-order valence-corrected chi connectivity index (χ2v) is 8.20. The minimum absolute atomic E-state index is 0.00144. The Balaban J connectivity index is 2.10. The van der Waals surface area contributed by atoms with Gasteiger partial charge in [-0.1, -0.05) is 48.3 Å². The van der Waals surface area contributed by atoms with Gasteiger partial charge in [0.05, 0.1) is 28.3 Å². The van der Waals surface area contributed by atoms with Crippen molar-refractivity contribution in [1.29, 1.82) is 0 Å². The number of aliphatic hydroxyl groups excluding tert-OH is 1. The Kier molecular flexibility index (Phi) is 8.18. The molecule has 3 rings (SSSR count). The van der Waals surface area contributed by atoms with Crippen LogP contribution in [0.2, 0.25) is 10.0 Å². The third-order valence-electron chi connectivity index (χ3n) is 5.13. The summed E-state index contributed by atoms with van der Waals surface area (Å²) in [6, 6.07) is 10.9. The summed E-state index contributed by atoms with van der Waals surface area (Å²) in [7, 11) is 1.57. The number of carbonyl (C=O) groups is 2. The summed E-state index contributed by atoms with van der Waals surface area (Å²) in [5.74, 6) is -1.14. The fourth-order valence-electron chi connectivity index (χ4n) is 3.63. The lowest BCUT2D eigenvalue weighted by Crippen LogP contribution is -2.31. The number of ketones is 1. The number of methoxy groups -OCH3 is 1. The van der Waals surface area contributed by atoms with Gasteiger partial charge in [-0.25, -0.2) is 0 Å². The maximum atomic E-state index is 13.0. The number of hydrogen-bond acceptors (Lipinski definition) is 5. The lowest BCUT2D eigenvalue weighted by molar-refractivity contribution is -0.140. The van der Waals surface area contributed by atoms with E-state index >= 15 is 0 Å². The molecular formula is C24H25Cl2NO5. The van der Waals surface area contributed by atoms with Crippen LogP contribution in [0.3, 0.4) is 0 Å². The molecule has 32 heavy (non-hydrogen) atoms. The smallest absolute Gasteiger partial charge is 0.295 e. The van der Waals surface area contributed by atoms with Crippen molar-refractivity contribution in [2.45, 2.75) is 25.8 Å². The van der Waals surface area contributed by atoms with E-state index < -0.39 is 17.7 Å². The van der Waals surface area contributed by atoms with Gasteiger partial charge in [0.25, 0.3) is 11.7 Å². The zero-order valence-electron chi connectivity index (χ0n) is 17.9. The summed E-state index contributed by atoms with van der Waals surface area (Å²) in [6.45, 7) is 3.22. The molecule has 2 aromatic rings. The lowest BCUT2D eigenvalue weighted by Gasteiger charge is -2.25. The van der Waals surface area contributed by atoms with E-state index in [2.05, 4.69) is 0 Å². The molecule has 0 aromatic heterocycles. The molecule has 0 saturated carbocycles. The molecule has 0 bridgehead atoms. The summed E-state index contributed by atoms with van der Waals surface area (Å²) in [5, 5.41) is 11.8. The molecule has 1 aliphatic rings. The summed E-state index contributed by atoms with van der Waals surface area (Å²) in [6.07, 6.45) is 1.36.